The lowest BCUT2D eigenvalue weighted by molar-refractivity contribution is -0.146. The van der Waals surface area contributed by atoms with E-state index in [-0.39, 0.29) is 22.8 Å². The number of halogens is 2. The van der Waals surface area contributed by atoms with E-state index in [4.69, 9.17) is 23.2 Å². The molecule has 110 valence electrons. The highest BCUT2D eigenvalue weighted by molar-refractivity contribution is 6.44. The molecule has 1 amide bonds. The normalized spacial score (nSPS) is 29.6. The van der Waals surface area contributed by atoms with E-state index in [9.17, 15) is 14.7 Å². The standard InChI is InChI=1S/C15H13Cl2NO3/c16-9-2-1-3-10(13(9)17)18-14(19)11-7-4-5-8(6-7)12(11)15(20)21/h1-5,7-8,11-12H,6H2,(H,18,19)(H,20,21)/t7-,8+,11+,12+/m1/s1. The van der Waals surface area contributed by atoms with Crippen molar-refractivity contribution in [2.45, 2.75) is 6.42 Å². The molecular formula is C15H13Cl2NO3. The van der Waals surface area contributed by atoms with Crippen molar-refractivity contribution in [1.82, 2.24) is 0 Å². The number of carboxylic acid groups (broad SMARTS) is 1. The maximum Gasteiger partial charge on any atom is 0.307 e. The van der Waals surface area contributed by atoms with Crippen LogP contribution in [-0.2, 0) is 9.59 Å². The Morgan fingerprint density at radius 2 is 1.81 bits per heavy atom. The Balaban J connectivity index is 1.84. The molecule has 2 N–H and O–H groups in total. The van der Waals surface area contributed by atoms with Crippen LogP contribution in [0.1, 0.15) is 6.42 Å². The van der Waals surface area contributed by atoms with Gasteiger partial charge in [0.2, 0.25) is 5.91 Å². The number of benzene rings is 1. The molecule has 4 nitrogen and oxygen atoms in total. The number of rotatable bonds is 3. The van der Waals surface area contributed by atoms with E-state index in [1.165, 1.54) is 0 Å². The zero-order valence-electron chi connectivity index (χ0n) is 10.9. The average molecular weight is 326 g/mol. The van der Waals surface area contributed by atoms with Crippen molar-refractivity contribution in [3.63, 3.8) is 0 Å². The minimum absolute atomic E-state index is 0.0194. The minimum atomic E-state index is -0.927. The molecule has 0 spiro atoms. The van der Waals surface area contributed by atoms with Crippen molar-refractivity contribution in [2.24, 2.45) is 23.7 Å². The molecule has 0 radical (unpaired) electrons. The summed E-state index contributed by atoms with van der Waals surface area (Å²) in [4.78, 5) is 23.9. The van der Waals surface area contributed by atoms with Crippen LogP contribution in [-0.4, -0.2) is 17.0 Å². The van der Waals surface area contributed by atoms with Gasteiger partial charge < -0.3 is 10.4 Å². The maximum atomic E-state index is 12.5. The van der Waals surface area contributed by atoms with Gasteiger partial charge in [-0.15, -0.1) is 0 Å². The molecule has 2 aliphatic rings. The summed E-state index contributed by atoms with van der Waals surface area (Å²) in [6.07, 6.45) is 4.56. The van der Waals surface area contributed by atoms with Crippen molar-refractivity contribution < 1.29 is 14.7 Å². The van der Waals surface area contributed by atoms with Gasteiger partial charge in [-0.1, -0.05) is 41.4 Å². The van der Waals surface area contributed by atoms with Crippen LogP contribution in [0.5, 0.6) is 0 Å². The molecule has 0 heterocycles. The Bertz CT molecular complexity index is 644. The van der Waals surface area contributed by atoms with E-state index < -0.39 is 17.8 Å². The van der Waals surface area contributed by atoms with E-state index in [1.807, 2.05) is 12.2 Å². The quantitative estimate of drug-likeness (QED) is 0.836. The Morgan fingerprint density at radius 1 is 1.14 bits per heavy atom. The lowest BCUT2D eigenvalue weighted by atomic mass is 9.82. The van der Waals surface area contributed by atoms with Crippen LogP contribution >= 0.6 is 23.2 Å². The first-order chi connectivity index (χ1) is 9.99. The van der Waals surface area contributed by atoms with Crippen LogP contribution in [0, 0.1) is 23.7 Å². The van der Waals surface area contributed by atoms with E-state index in [1.54, 1.807) is 18.2 Å². The summed E-state index contributed by atoms with van der Waals surface area (Å²) in [5.74, 6) is -2.55. The third-order valence-electron chi connectivity index (χ3n) is 4.26. The summed E-state index contributed by atoms with van der Waals surface area (Å²) in [5, 5.41) is 12.7. The van der Waals surface area contributed by atoms with Gasteiger partial charge in [-0.3, -0.25) is 9.59 Å². The largest absolute Gasteiger partial charge is 0.481 e. The molecule has 0 saturated heterocycles. The van der Waals surface area contributed by atoms with Gasteiger partial charge in [-0.25, -0.2) is 0 Å². The predicted molar refractivity (Wildman–Crippen MR) is 80.4 cm³/mol. The number of fused-ring (bicyclic) bond motifs is 2. The van der Waals surface area contributed by atoms with Crippen molar-refractivity contribution >= 4 is 40.8 Å². The number of hydrogen-bond acceptors (Lipinski definition) is 2. The number of allylic oxidation sites excluding steroid dienone is 2. The molecule has 6 heteroatoms. The Hall–Kier alpha value is -1.52. The minimum Gasteiger partial charge on any atom is -0.481 e. The molecule has 21 heavy (non-hydrogen) atoms. The van der Waals surface area contributed by atoms with Crippen molar-refractivity contribution in [3.8, 4) is 0 Å². The van der Waals surface area contributed by atoms with Crippen LogP contribution in [0.2, 0.25) is 10.0 Å². The first-order valence-corrected chi connectivity index (χ1v) is 7.40. The highest BCUT2D eigenvalue weighted by atomic mass is 35.5. The summed E-state index contributed by atoms with van der Waals surface area (Å²) < 4.78 is 0. The molecule has 0 aliphatic heterocycles. The second-order valence-corrected chi connectivity index (χ2v) is 6.21. The molecule has 0 aromatic heterocycles. The van der Waals surface area contributed by atoms with Gasteiger partial charge in [0.15, 0.2) is 0 Å². The number of aliphatic carboxylic acids is 1. The molecule has 4 atom stereocenters. The molecule has 2 bridgehead atoms. The Labute approximate surface area is 131 Å². The second-order valence-electron chi connectivity index (χ2n) is 5.43. The predicted octanol–water partition coefficient (Wildman–Crippen LogP) is 3.45. The molecule has 1 aromatic rings. The first-order valence-electron chi connectivity index (χ1n) is 6.65. The second kappa shape index (κ2) is 5.35. The highest BCUT2D eigenvalue weighted by Gasteiger charge is 2.51. The molecular weight excluding hydrogens is 313 g/mol. The van der Waals surface area contributed by atoms with Gasteiger partial charge in [-0.2, -0.15) is 0 Å². The highest BCUT2D eigenvalue weighted by Crippen LogP contribution is 2.48. The zero-order chi connectivity index (χ0) is 15.1. The molecule has 1 aromatic carbocycles. The number of amides is 1. The molecule has 1 saturated carbocycles. The van der Waals surface area contributed by atoms with Gasteiger partial charge >= 0.3 is 5.97 Å². The van der Waals surface area contributed by atoms with Crippen molar-refractivity contribution in [1.29, 1.82) is 0 Å². The molecule has 3 rings (SSSR count). The van der Waals surface area contributed by atoms with Crippen LogP contribution in [0.25, 0.3) is 0 Å². The summed E-state index contributed by atoms with van der Waals surface area (Å²) in [6.45, 7) is 0. The monoisotopic (exact) mass is 325 g/mol. The van der Waals surface area contributed by atoms with Gasteiger partial charge in [0.1, 0.15) is 0 Å². The van der Waals surface area contributed by atoms with E-state index in [0.29, 0.717) is 10.7 Å². The summed E-state index contributed by atoms with van der Waals surface area (Å²) in [7, 11) is 0. The number of carbonyl (C=O) groups excluding carboxylic acids is 1. The van der Waals surface area contributed by atoms with E-state index >= 15 is 0 Å². The average Bonchev–Trinajstić information content (AvgIpc) is 3.04. The van der Waals surface area contributed by atoms with Crippen LogP contribution in [0.15, 0.2) is 30.4 Å². The van der Waals surface area contributed by atoms with Gasteiger partial charge in [0.05, 0.1) is 27.6 Å². The van der Waals surface area contributed by atoms with E-state index in [0.717, 1.165) is 6.42 Å². The third kappa shape index (κ3) is 2.43. The smallest absolute Gasteiger partial charge is 0.307 e. The fourth-order valence-electron chi connectivity index (χ4n) is 3.33. The van der Waals surface area contributed by atoms with Gasteiger partial charge in [-0.05, 0) is 30.4 Å². The van der Waals surface area contributed by atoms with Gasteiger partial charge in [0.25, 0.3) is 0 Å². The lowest BCUT2D eigenvalue weighted by Crippen LogP contribution is -2.36. The number of hydrogen-bond donors (Lipinski definition) is 2. The number of carboxylic acids is 1. The molecule has 1 fully saturated rings. The molecule has 2 aliphatic carbocycles. The number of nitrogens with one attached hydrogen (secondary N) is 1. The van der Waals surface area contributed by atoms with E-state index in [2.05, 4.69) is 5.32 Å². The Kier molecular flexibility index (Phi) is 3.68. The molecule has 0 unspecified atom stereocenters. The summed E-state index contributed by atoms with van der Waals surface area (Å²) in [5.41, 5.74) is 0.407. The third-order valence-corrected chi connectivity index (χ3v) is 5.08. The summed E-state index contributed by atoms with van der Waals surface area (Å²) in [6, 6.07) is 4.95. The summed E-state index contributed by atoms with van der Waals surface area (Å²) >= 11 is 12.0. The van der Waals surface area contributed by atoms with Crippen LogP contribution < -0.4 is 5.32 Å². The van der Waals surface area contributed by atoms with Crippen LogP contribution in [0.4, 0.5) is 5.69 Å². The van der Waals surface area contributed by atoms with Gasteiger partial charge in [0, 0.05) is 0 Å². The fraction of sp³-hybridized carbons (Fsp3) is 0.333. The first kappa shape index (κ1) is 14.4. The van der Waals surface area contributed by atoms with Crippen LogP contribution in [0.3, 0.4) is 0 Å². The lowest BCUT2D eigenvalue weighted by Gasteiger charge is -2.24. The van der Waals surface area contributed by atoms with Crippen molar-refractivity contribution in [2.75, 3.05) is 5.32 Å². The SMILES string of the molecule is O=C(Nc1cccc(Cl)c1Cl)[C@@H]1[C@@H](C(=O)O)[C@H]2C=C[C@@H]1C2. The number of anilines is 1. The maximum absolute atomic E-state index is 12.5. The fourth-order valence-corrected chi connectivity index (χ4v) is 3.68. The van der Waals surface area contributed by atoms with Crippen molar-refractivity contribution in [3.05, 3.63) is 40.4 Å². The zero-order valence-corrected chi connectivity index (χ0v) is 12.4. The topological polar surface area (TPSA) is 66.4 Å². The Morgan fingerprint density at radius 3 is 2.48 bits per heavy atom. The number of carbonyl (C=O) groups is 2.